The van der Waals surface area contributed by atoms with Gasteiger partial charge in [-0.3, -0.25) is 4.79 Å². The van der Waals surface area contributed by atoms with Crippen molar-refractivity contribution in [2.24, 2.45) is 0 Å². The smallest absolute Gasteiger partial charge is 0.251 e. The summed E-state index contributed by atoms with van der Waals surface area (Å²) < 4.78 is 0. The summed E-state index contributed by atoms with van der Waals surface area (Å²) in [5.41, 5.74) is 1.78. The van der Waals surface area contributed by atoms with Crippen LogP contribution in [0.2, 0.25) is 0 Å². The first-order valence-electron chi connectivity index (χ1n) is 7.68. The molecule has 1 aliphatic carbocycles. The van der Waals surface area contributed by atoms with Gasteiger partial charge in [-0.05, 0) is 44.6 Å². The van der Waals surface area contributed by atoms with Crippen molar-refractivity contribution in [3.63, 3.8) is 0 Å². The van der Waals surface area contributed by atoms with Gasteiger partial charge in [0.2, 0.25) is 0 Å². The zero-order chi connectivity index (χ0) is 15.3. The molecule has 0 unspecified atom stereocenters. The molecular weight excluding hydrogens is 284 g/mol. The zero-order valence-corrected chi connectivity index (χ0v) is 13.7. The number of nitrogens with one attached hydrogen (secondary N) is 1. The van der Waals surface area contributed by atoms with E-state index in [-0.39, 0.29) is 11.4 Å². The van der Waals surface area contributed by atoms with Gasteiger partial charge in [0.05, 0.1) is 0 Å². The van der Waals surface area contributed by atoms with Crippen LogP contribution >= 0.6 is 11.6 Å². The van der Waals surface area contributed by atoms with E-state index < -0.39 is 0 Å². The van der Waals surface area contributed by atoms with Crippen LogP contribution in [0.3, 0.4) is 0 Å². The van der Waals surface area contributed by atoms with E-state index in [1.54, 1.807) is 0 Å². The Morgan fingerprint density at radius 2 is 2.00 bits per heavy atom. The lowest BCUT2D eigenvalue weighted by atomic mass is 9.80. The van der Waals surface area contributed by atoms with Gasteiger partial charge in [0, 0.05) is 23.5 Å². The molecule has 3 nitrogen and oxygen atoms in total. The maximum atomic E-state index is 12.3. The average Bonchev–Trinajstić information content (AvgIpc) is 2.53. The summed E-state index contributed by atoms with van der Waals surface area (Å²) in [4.78, 5) is 14.6. The van der Waals surface area contributed by atoms with E-state index in [4.69, 9.17) is 11.6 Å². The molecule has 1 fully saturated rings. The summed E-state index contributed by atoms with van der Waals surface area (Å²) in [7, 11) is 4.23. The second-order valence-corrected chi connectivity index (χ2v) is 6.46. The van der Waals surface area contributed by atoms with Crippen molar-refractivity contribution < 1.29 is 4.79 Å². The van der Waals surface area contributed by atoms with Gasteiger partial charge in [0.15, 0.2) is 0 Å². The van der Waals surface area contributed by atoms with Crippen LogP contribution in [0.25, 0.3) is 0 Å². The Bertz CT molecular complexity index is 481. The van der Waals surface area contributed by atoms with Crippen molar-refractivity contribution in [2.45, 2.75) is 43.5 Å². The summed E-state index contributed by atoms with van der Waals surface area (Å²) in [6.07, 6.45) is 6.11. The lowest BCUT2D eigenvalue weighted by Gasteiger charge is -2.43. The number of hydrogen-bond acceptors (Lipinski definition) is 2. The van der Waals surface area contributed by atoms with Crippen LogP contribution < -0.4 is 5.32 Å². The second kappa shape index (κ2) is 7.28. The van der Waals surface area contributed by atoms with Gasteiger partial charge in [-0.15, -0.1) is 11.6 Å². The summed E-state index contributed by atoms with van der Waals surface area (Å²) in [6, 6.07) is 7.53. The number of carbonyl (C=O) groups excluding carboxylic acids is 1. The number of halogens is 1. The van der Waals surface area contributed by atoms with Gasteiger partial charge >= 0.3 is 0 Å². The number of rotatable bonds is 5. The molecule has 0 radical (unpaired) electrons. The molecule has 0 spiro atoms. The van der Waals surface area contributed by atoms with Crippen molar-refractivity contribution >= 4 is 17.5 Å². The monoisotopic (exact) mass is 308 g/mol. The molecule has 0 heterocycles. The molecule has 0 atom stereocenters. The molecule has 1 aromatic rings. The van der Waals surface area contributed by atoms with Gasteiger partial charge in [0.25, 0.3) is 5.91 Å². The normalized spacial score (nSPS) is 17.7. The number of nitrogens with zero attached hydrogens (tertiary/aromatic N) is 1. The van der Waals surface area contributed by atoms with Gasteiger partial charge in [-0.2, -0.15) is 0 Å². The summed E-state index contributed by atoms with van der Waals surface area (Å²) >= 11 is 5.83. The molecular formula is C17H25ClN2O. The topological polar surface area (TPSA) is 32.3 Å². The SMILES string of the molecule is CN(C)C1(CNC(=O)c2cccc(CCl)c2)CCCCC1. The molecule has 1 aromatic carbocycles. The van der Waals surface area contributed by atoms with Crippen molar-refractivity contribution in [1.82, 2.24) is 10.2 Å². The number of alkyl halides is 1. The third-order valence-electron chi connectivity index (χ3n) is 4.65. The highest BCUT2D eigenvalue weighted by atomic mass is 35.5. The maximum Gasteiger partial charge on any atom is 0.251 e. The first-order valence-corrected chi connectivity index (χ1v) is 8.21. The zero-order valence-electron chi connectivity index (χ0n) is 13.0. The third kappa shape index (κ3) is 3.98. The largest absolute Gasteiger partial charge is 0.350 e. The Morgan fingerprint density at radius 1 is 1.29 bits per heavy atom. The van der Waals surface area contributed by atoms with E-state index in [2.05, 4.69) is 24.3 Å². The predicted octanol–water partition coefficient (Wildman–Crippen LogP) is 3.42. The number of amides is 1. The highest BCUT2D eigenvalue weighted by molar-refractivity contribution is 6.17. The van der Waals surface area contributed by atoms with Crippen LogP contribution in [-0.2, 0) is 5.88 Å². The predicted molar refractivity (Wildman–Crippen MR) is 87.8 cm³/mol. The Hall–Kier alpha value is -1.06. The Labute approximate surface area is 132 Å². The molecule has 1 saturated carbocycles. The molecule has 0 bridgehead atoms. The molecule has 2 rings (SSSR count). The summed E-state index contributed by atoms with van der Waals surface area (Å²) in [6.45, 7) is 0.712. The summed E-state index contributed by atoms with van der Waals surface area (Å²) in [5, 5.41) is 3.12. The number of hydrogen-bond donors (Lipinski definition) is 1. The van der Waals surface area contributed by atoms with E-state index in [0.717, 1.165) is 18.4 Å². The second-order valence-electron chi connectivity index (χ2n) is 6.20. The molecule has 1 amide bonds. The van der Waals surface area contributed by atoms with Crippen LogP contribution in [0.4, 0.5) is 0 Å². The van der Waals surface area contributed by atoms with Crippen LogP contribution in [0.5, 0.6) is 0 Å². The molecule has 4 heteroatoms. The van der Waals surface area contributed by atoms with Crippen molar-refractivity contribution in [3.05, 3.63) is 35.4 Å². The molecule has 0 aliphatic heterocycles. The highest BCUT2D eigenvalue weighted by Crippen LogP contribution is 2.31. The Morgan fingerprint density at radius 3 is 2.62 bits per heavy atom. The molecule has 1 aliphatic rings. The minimum absolute atomic E-state index is 0.00577. The minimum Gasteiger partial charge on any atom is -0.350 e. The fourth-order valence-corrected chi connectivity index (χ4v) is 3.30. The standard InChI is InChI=1S/C17H25ClN2O/c1-20(2)17(9-4-3-5-10-17)13-19-16(21)15-8-6-7-14(11-15)12-18/h6-8,11H,3-5,9-10,12-13H2,1-2H3,(H,19,21). The minimum atomic E-state index is -0.00577. The highest BCUT2D eigenvalue weighted by Gasteiger charge is 2.34. The first-order chi connectivity index (χ1) is 10.1. The number of likely N-dealkylation sites (N-methyl/N-ethyl adjacent to an activating group) is 1. The third-order valence-corrected chi connectivity index (χ3v) is 4.96. The summed E-state index contributed by atoms with van der Waals surface area (Å²) in [5.74, 6) is 0.428. The van der Waals surface area contributed by atoms with Crippen LogP contribution in [0, 0.1) is 0 Å². The van der Waals surface area contributed by atoms with Crippen molar-refractivity contribution in [2.75, 3.05) is 20.6 Å². The van der Waals surface area contributed by atoms with E-state index in [0.29, 0.717) is 18.0 Å². The van der Waals surface area contributed by atoms with Crippen molar-refractivity contribution in [1.29, 1.82) is 0 Å². The van der Waals surface area contributed by atoms with E-state index in [1.807, 2.05) is 24.3 Å². The molecule has 0 aromatic heterocycles. The fraction of sp³-hybridized carbons (Fsp3) is 0.588. The van der Waals surface area contributed by atoms with Crippen LogP contribution in [0.1, 0.15) is 48.0 Å². The lowest BCUT2D eigenvalue weighted by Crippen LogP contribution is -2.53. The van der Waals surface area contributed by atoms with E-state index in [9.17, 15) is 4.79 Å². The Kier molecular flexibility index (Phi) is 5.65. The van der Waals surface area contributed by atoms with E-state index in [1.165, 1.54) is 19.3 Å². The van der Waals surface area contributed by atoms with Crippen molar-refractivity contribution in [3.8, 4) is 0 Å². The van der Waals surface area contributed by atoms with Gasteiger partial charge in [0.1, 0.15) is 0 Å². The first kappa shape index (κ1) is 16.3. The van der Waals surface area contributed by atoms with Gasteiger partial charge in [-0.25, -0.2) is 0 Å². The van der Waals surface area contributed by atoms with E-state index >= 15 is 0 Å². The molecule has 1 N–H and O–H groups in total. The fourth-order valence-electron chi connectivity index (χ4n) is 3.13. The quantitative estimate of drug-likeness (QED) is 0.845. The average molecular weight is 309 g/mol. The van der Waals surface area contributed by atoms with Gasteiger partial charge < -0.3 is 10.2 Å². The maximum absolute atomic E-state index is 12.3. The van der Waals surface area contributed by atoms with Crippen LogP contribution in [-0.4, -0.2) is 37.0 Å². The number of carbonyl (C=O) groups is 1. The van der Waals surface area contributed by atoms with Crippen LogP contribution in [0.15, 0.2) is 24.3 Å². The Balaban J connectivity index is 2.01. The molecule has 116 valence electrons. The van der Waals surface area contributed by atoms with Gasteiger partial charge in [-0.1, -0.05) is 31.4 Å². The number of benzene rings is 1. The molecule has 21 heavy (non-hydrogen) atoms. The lowest BCUT2D eigenvalue weighted by molar-refractivity contribution is 0.0799. The molecule has 0 saturated heterocycles.